The van der Waals surface area contributed by atoms with Gasteiger partial charge in [-0.3, -0.25) is 0 Å². The molecule has 0 aromatic carbocycles. The van der Waals surface area contributed by atoms with Crippen LogP contribution in [0.5, 0.6) is 0 Å². The molecule has 1 heterocycles. The average Bonchev–Trinajstić information content (AvgIpc) is 2.14. The first-order valence-corrected chi connectivity index (χ1v) is 33.9. The summed E-state index contributed by atoms with van der Waals surface area (Å²) >= 11 is 75.5. The molecule has 0 nitrogen and oxygen atoms in total. The van der Waals surface area contributed by atoms with E-state index >= 15 is 0 Å². The Morgan fingerprint density at radius 1 is 0.222 bits per heavy atom. The monoisotopic (exact) mass is 587 g/mol. The number of hydrogen-bond acceptors (Lipinski definition) is 0. The molecule has 0 atom stereocenters. The molecule has 1 aliphatic rings. The summed E-state index contributed by atoms with van der Waals surface area (Å²) in [5.41, 5.74) is -22.0. The Morgan fingerprint density at radius 3 is 0.333 bits per heavy atom. The molecule has 0 saturated carbocycles. The Labute approximate surface area is 164 Å². The molecule has 1 saturated heterocycles. The maximum Gasteiger partial charge on any atom is 0.295 e. The van der Waals surface area contributed by atoms with Gasteiger partial charge in [0.2, 0.25) is 0 Å². The lowest BCUT2D eigenvalue weighted by molar-refractivity contribution is 3.04. The first-order valence-electron chi connectivity index (χ1n) is 3.77. The normalized spacial score (nSPS) is 34.0. The van der Waals surface area contributed by atoms with Crippen LogP contribution in [0.4, 0.5) is 0 Å². The van der Waals surface area contributed by atoms with Crippen LogP contribution in [0.15, 0.2) is 0 Å². The maximum absolute atomic E-state index is 6.29. The molecule has 18 heavy (non-hydrogen) atoms. The van der Waals surface area contributed by atoms with Crippen molar-refractivity contribution in [3.05, 3.63) is 0 Å². The molecule has 108 valence electrons. The van der Waals surface area contributed by atoms with Crippen molar-refractivity contribution < 1.29 is 0 Å². The van der Waals surface area contributed by atoms with Crippen molar-refractivity contribution in [2.24, 2.45) is 0 Å². The second-order valence-electron chi connectivity index (χ2n) is 3.45. The minimum absolute atomic E-state index is 3.66. The zero-order valence-electron chi connectivity index (χ0n) is 7.54. The first-order chi connectivity index (χ1) is 7.50. The van der Waals surface area contributed by atoms with Gasteiger partial charge in [-0.1, -0.05) is 0 Å². The molecule has 0 aliphatic carbocycles. The number of rotatable bonds is 0. The predicted molar refractivity (Wildman–Crippen MR) is 105 cm³/mol. The Balaban J connectivity index is 3.72. The van der Waals surface area contributed by atoms with E-state index < -0.39 is 34.4 Å². The Kier molecular flexibility index (Phi) is 6.54. The van der Waals surface area contributed by atoms with E-state index in [0.29, 0.717) is 0 Å². The molecule has 0 N–H and O–H groups in total. The third kappa shape index (κ3) is 2.35. The highest BCUT2D eigenvalue weighted by molar-refractivity contribution is 8.52. The van der Waals surface area contributed by atoms with Crippen molar-refractivity contribution in [1.82, 2.24) is 0 Å². The summed E-state index contributed by atoms with van der Waals surface area (Å²) in [4.78, 5) is 0. The highest BCUT2D eigenvalue weighted by Crippen LogP contribution is 2.66. The van der Waals surface area contributed by atoms with Gasteiger partial charge in [-0.25, -0.2) is 0 Å². The third-order valence-electron chi connectivity index (χ3n) is 2.37. The van der Waals surface area contributed by atoms with Crippen LogP contribution in [0.2, 0.25) is 0 Å². The molecule has 1 rings (SSSR count). The second-order valence-corrected chi connectivity index (χ2v) is 93.1. The molecule has 1 fully saturated rings. The van der Waals surface area contributed by atoms with Crippen LogP contribution < -0.4 is 0 Å². The number of hydrogen-bond donors (Lipinski definition) is 0. The zero-order chi connectivity index (χ0) is 15.0. The van der Waals surface area contributed by atoms with Gasteiger partial charge in [0.1, 0.15) is 0 Å². The summed E-state index contributed by atoms with van der Waals surface area (Å²) in [5, 5.41) is 0. The van der Waals surface area contributed by atoms with Crippen LogP contribution in [-0.2, 0) is 0 Å². The minimum atomic E-state index is -3.66. The fraction of sp³-hybridized carbons (Fsp3) is 0. The smallest absolute Gasteiger partial charge is 0.148 e. The minimum Gasteiger partial charge on any atom is -0.148 e. The van der Waals surface area contributed by atoms with E-state index in [2.05, 4.69) is 0 Å². The van der Waals surface area contributed by atoms with E-state index in [9.17, 15) is 0 Å². The van der Waals surface area contributed by atoms with Gasteiger partial charge in [0.25, 0.3) is 34.4 Å². The zero-order valence-corrected chi connectivity index (χ0v) is 22.6. The summed E-state index contributed by atoms with van der Waals surface area (Å²) in [5.74, 6) is 0. The lowest BCUT2D eigenvalue weighted by atomic mass is 25.9. The summed E-state index contributed by atoms with van der Waals surface area (Å²) < 4.78 is 0. The van der Waals surface area contributed by atoms with Crippen molar-refractivity contribution in [3.8, 4) is 0 Å². The van der Waals surface area contributed by atoms with Crippen molar-refractivity contribution >= 4 is 167 Å². The quantitative estimate of drug-likeness (QED) is 0.239. The van der Waals surface area contributed by atoms with Crippen LogP contribution in [0.1, 0.15) is 0 Å². The molecule has 0 aromatic rings. The molecular formula is Cl12Si6. The van der Waals surface area contributed by atoms with Gasteiger partial charge in [-0.05, 0) is 0 Å². The maximum atomic E-state index is 6.29. The first kappa shape index (κ1) is 20.8. The van der Waals surface area contributed by atoms with E-state index in [1.807, 2.05) is 0 Å². The van der Waals surface area contributed by atoms with E-state index in [0.717, 1.165) is 0 Å². The number of halogens is 12. The van der Waals surface area contributed by atoms with E-state index in [4.69, 9.17) is 133 Å². The molecular weight excluding hydrogens is 594 g/mol. The fourth-order valence-corrected chi connectivity index (χ4v) is 287. The van der Waals surface area contributed by atoms with Crippen molar-refractivity contribution in [2.75, 3.05) is 0 Å². The third-order valence-corrected chi connectivity index (χ3v) is 192. The van der Waals surface area contributed by atoms with Crippen LogP contribution in [0, 0.1) is 0 Å². The summed E-state index contributed by atoms with van der Waals surface area (Å²) in [6.45, 7) is 0. The average molecular weight is 594 g/mol. The molecule has 1 aliphatic heterocycles. The van der Waals surface area contributed by atoms with Gasteiger partial charge in [-0.15, -0.1) is 133 Å². The summed E-state index contributed by atoms with van der Waals surface area (Å²) in [6, 6.07) is 0. The SMILES string of the molecule is Cl[Si]1(Cl)[Si](Cl)(Cl)[Si](Cl)(Cl)[Si](Cl)(Cl)[Si](Cl)(Cl)[Si]1(Cl)Cl. The van der Waals surface area contributed by atoms with Gasteiger partial charge in [0.05, 0.1) is 0 Å². The topological polar surface area (TPSA) is 0 Å². The molecule has 0 unspecified atom stereocenters. The van der Waals surface area contributed by atoms with Gasteiger partial charge < -0.3 is 0 Å². The molecule has 0 radical (unpaired) electrons. The van der Waals surface area contributed by atoms with E-state index in [1.54, 1.807) is 0 Å². The van der Waals surface area contributed by atoms with Crippen LogP contribution >= 0.6 is 133 Å². The standard InChI is InChI=1S/Cl12Si6/c1-13(2)14(3,4)16(7,8)18(11,12)17(9,10)15(13,5)6. The van der Waals surface area contributed by atoms with Crippen molar-refractivity contribution in [3.63, 3.8) is 0 Å². The van der Waals surface area contributed by atoms with Gasteiger partial charge in [0, 0.05) is 0 Å². The van der Waals surface area contributed by atoms with Gasteiger partial charge in [0.15, 0.2) is 0 Å². The van der Waals surface area contributed by atoms with Crippen molar-refractivity contribution in [1.29, 1.82) is 0 Å². The van der Waals surface area contributed by atoms with Crippen LogP contribution in [-0.4, -0.2) is 34.4 Å². The van der Waals surface area contributed by atoms with E-state index in [-0.39, 0.29) is 0 Å². The van der Waals surface area contributed by atoms with Gasteiger partial charge in [-0.2, -0.15) is 0 Å². The van der Waals surface area contributed by atoms with E-state index in [1.165, 1.54) is 0 Å². The fourth-order valence-electron chi connectivity index (χ4n) is 1.18. The highest BCUT2D eigenvalue weighted by Gasteiger charge is 2.95. The summed E-state index contributed by atoms with van der Waals surface area (Å²) in [6.07, 6.45) is 0. The largest absolute Gasteiger partial charge is 0.295 e. The molecule has 0 spiro atoms. The lowest BCUT2D eigenvalue weighted by Crippen LogP contribution is -2.93. The lowest BCUT2D eigenvalue weighted by Gasteiger charge is -2.54. The Bertz CT molecular complexity index is 248. The molecule has 18 heteroatoms. The van der Waals surface area contributed by atoms with Crippen LogP contribution in [0.25, 0.3) is 0 Å². The second kappa shape index (κ2) is 5.66. The van der Waals surface area contributed by atoms with Crippen molar-refractivity contribution in [2.45, 2.75) is 0 Å². The Morgan fingerprint density at radius 2 is 0.278 bits per heavy atom. The molecule has 0 aromatic heterocycles. The van der Waals surface area contributed by atoms with Crippen LogP contribution in [0.3, 0.4) is 0 Å². The molecule has 0 amide bonds. The highest BCUT2D eigenvalue weighted by atomic mass is 35.8. The molecule has 0 bridgehead atoms. The Hall–Kier alpha value is 4.78. The predicted octanol–water partition coefficient (Wildman–Crippen LogP) is 5.99. The van der Waals surface area contributed by atoms with Gasteiger partial charge >= 0.3 is 0 Å². The summed E-state index contributed by atoms with van der Waals surface area (Å²) in [7, 11) is 0.